The van der Waals surface area contributed by atoms with Gasteiger partial charge in [0.2, 0.25) is 0 Å². The van der Waals surface area contributed by atoms with Crippen molar-refractivity contribution >= 4 is 38.9 Å². The molecule has 0 aromatic heterocycles. The number of nitrogens with one attached hydrogen (secondary N) is 2. The Kier molecular flexibility index (Phi) is 4.70. The van der Waals surface area contributed by atoms with Crippen molar-refractivity contribution in [2.24, 2.45) is 0 Å². The first kappa shape index (κ1) is 15.2. The molecule has 0 saturated carbocycles. The lowest BCUT2D eigenvalue weighted by atomic mass is 10.1. The van der Waals surface area contributed by atoms with Gasteiger partial charge in [-0.25, -0.2) is 0 Å². The van der Waals surface area contributed by atoms with Crippen LogP contribution in [0.15, 0.2) is 40.9 Å². The van der Waals surface area contributed by atoms with Crippen molar-refractivity contribution in [2.75, 3.05) is 25.2 Å². The zero-order valence-electron chi connectivity index (χ0n) is 11.7. The van der Waals surface area contributed by atoms with E-state index in [2.05, 4.69) is 26.6 Å². The first-order valence-corrected chi connectivity index (χ1v) is 7.06. The van der Waals surface area contributed by atoms with E-state index in [1.807, 2.05) is 18.2 Å². The molecule has 2 aromatic rings. The molecule has 0 saturated heterocycles. The number of methoxy groups -OCH3 is 1. The molecule has 0 aliphatic heterocycles. The Labute approximate surface area is 131 Å². The molecule has 4 N–H and O–H groups in total. The Balaban J connectivity index is 2.39. The molecular formula is C15H16BrN3O2. The maximum atomic E-state index is 11.7. The summed E-state index contributed by atoms with van der Waals surface area (Å²) in [6.07, 6.45) is 0. The van der Waals surface area contributed by atoms with E-state index in [4.69, 9.17) is 10.5 Å². The zero-order chi connectivity index (χ0) is 15.4. The van der Waals surface area contributed by atoms with Crippen LogP contribution in [0.25, 0.3) is 0 Å². The molecule has 0 heterocycles. The maximum Gasteiger partial charge on any atom is 0.251 e. The van der Waals surface area contributed by atoms with Crippen LogP contribution in [0.2, 0.25) is 0 Å². The quantitative estimate of drug-likeness (QED) is 0.741. The van der Waals surface area contributed by atoms with Gasteiger partial charge in [0.05, 0.1) is 24.2 Å². The van der Waals surface area contributed by atoms with Crippen LogP contribution in [0.5, 0.6) is 5.75 Å². The van der Waals surface area contributed by atoms with E-state index in [0.717, 1.165) is 10.2 Å². The van der Waals surface area contributed by atoms with Crippen LogP contribution in [0.3, 0.4) is 0 Å². The number of carbonyl (C=O) groups is 1. The third kappa shape index (κ3) is 3.46. The predicted octanol–water partition coefficient (Wildman–Crippen LogP) is 3.14. The van der Waals surface area contributed by atoms with Gasteiger partial charge in [-0.2, -0.15) is 0 Å². The van der Waals surface area contributed by atoms with Crippen LogP contribution < -0.4 is 21.1 Å². The highest BCUT2D eigenvalue weighted by atomic mass is 79.9. The molecule has 0 fully saturated rings. The molecule has 0 bridgehead atoms. The molecule has 21 heavy (non-hydrogen) atoms. The minimum absolute atomic E-state index is 0.167. The lowest BCUT2D eigenvalue weighted by molar-refractivity contribution is 0.0963. The van der Waals surface area contributed by atoms with Crippen molar-refractivity contribution in [3.05, 3.63) is 46.4 Å². The van der Waals surface area contributed by atoms with E-state index in [1.54, 1.807) is 32.4 Å². The third-order valence-corrected chi connectivity index (χ3v) is 3.47. The highest BCUT2D eigenvalue weighted by Crippen LogP contribution is 2.32. The molecule has 0 spiro atoms. The summed E-state index contributed by atoms with van der Waals surface area (Å²) in [6, 6.07) is 10.7. The van der Waals surface area contributed by atoms with Gasteiger partial charge in [0, 0.05) is 17.1 Å². The van der Waals surface area contributed by atoms with Crippen molar-refractivity contribution in [3.63, 3.8) is 0 Å². The first-order chi connectivity index (χ1) is 10.0. The standard InChI is InChI=1S/C15H16BrN3O2/c1-18-15(20)9-3-5-11(17)12(7-9)19-13-8-10(16)4-6-14(13)21-2/h3-8,19H,17H2,1-2H3,(H,18,20). The minimum atomic E-state index is -0.167. The molecule has 0 atom stereocenters. The summed E-state index contributed by atoms with van der Waals surface area (Å²) >= 11 is 3.42. The van der Waals surface area contributed by atoms with Crippen LogP contribution in [0, 0.1) is 0 Å². The number of amides is 1. The van der Waals surface area contributed by atoms with Crippen LogP contribution >= 0.6 is 15.9 Å². The maximum absolute atomic E-state index is 11.7. The number of hydrogen-bond acceptors (Lipinski definition) is 4. The van der Waals surface area contributed by atoms with E-state index in [1.165, 1.54) is 0 Å². The molecule has 0 radical (unpaired) electrons. The number of rotatable bonds is 4. The fraction of sp³-hybridized carbons (Fsp3) is 0.133. The van der Waals surface area contributed by atoms with Gasteiger partial charge in [0.15, 0.2) is 0 Å². The van der Waals surface area contributed by atoms with E-state index in [-0.39, 0.29) is 5.91 Å². The van der Waals surface area contributed by atoms with Crippen molar-refractivity contribution in [1.29, 1.82) is 0 Å². The Morgan fingerprint density at radius 1 is 1.19 bits per heavy atom. The van der Waals surface area contributed by atoms with Gasteiger partial charge in [-0.05, 0) is 36.4 Å². The van der Waals surface area contributed by atoms with Gasteiger partial charge in [0.1, 0.15) is 5.75 Å². The summed E-state index contributed by atoms with van der Waals surface area (Å²) in [5.41, 5.74) is 8.44. The fourth-order valence-electron chi connectivity index (χ4n) is 1.87. The summed E-state index contributed by atoms with van der Waals surface area (Å²) in [5.74, 6) is 0.516. The van der Waals surface area contributed by atoms with Crippen LogP contribution in [0.1, 0.15) is 10.4 Å². The van der Waals surface area contributed by atoms with Crippen molar-refractivity contribution in [1.82, 2.24) is 5.32 Å². The second kappa shape index (κ2) is 6.49. The van der Waals surface area contributed by atoms with E-state index < -0.39 is 0 Å². The molecule has 0 aliphatic carbocycles. The fourth-order valence-corrected chi connectivity index (χ4v) is 2.23. The van der Waals surface area contributed by atoms with Gasteiger partial charge < -0.3 is 21.1 Å². The highest BCUT2D eigenvalue weighted by molar-refractivity contribution is 9.10. The topological polar surface area (TPSA) is 76.4 Å². The second-order valence-corrected chi connectivity index (χ2v) is 5.27. The largest absolute Gasteiger partial charge is 0.495 e. The van der Waals surface area contributed by atoms with Crippen molar-refractivity contribution < 1.29 is 9.53 Å². The summed E-state index contributed by atoms with van der Waals surface area (Å²) in [5, 5.41) is 5.78. The average molecular weight is 350 g/mol. The van der Waals surface area contributed by atoms with E-state index in [0.29, 0.717) is 22.7 Å². The Hall–Kier alpha value is -2.21. The number of carbonyl (C=O) groups excluding carboxylic acids is 1. The predicted molar refractivity (Wildman–Crippen MR) is 88.2 cm³/mol. The number of hydrogen-bond donors (Lipinski definition) is 3. The summed E-state index contributed by atoms with van der Waals surface area (Å²) in [6.45, 7) is 0. The Morgan fingerprint density at radius 2 is 1.95 bits per heavy atom. The number of anilines is 3. The SMILES string of the molecule is CNC(=O)c1ccc(N)c(Nc2cc(Br)ccc2OC)c1. The number of benzene rings is 2. The highest BCUT2D eigenvalue weighted by Gasteiger charge is 2.10. The van der Waals surface area contributed by atoms with Crippen LogP contribution in [-0.4, -0.2) is 20.1 Å². The van der Waals surface area contributed by atoms with Crippen LogP contribution in [-0.2, 0) is 0 Å². The van der Waals surface area contributed by atoms with Crippen LogP contribution in [0.4, 0.5) is 17.1 Å². The number of ether oxygens (including phenoxy) is 1. The Morgan fingerprint density at radius 3 is 2.62 bits per heavy atom. The third-order valence-electron chi connectivity index (χ3n) is 2.97. The first-order valence-electron chi connectivity index (χ1n) is 6.27. The number of nitrogen functional groups attached to an aromatic ring is 1. The molecule has 2 aromatic carbocycles. The van der Waals surface area contributed by atoms with Gasteiger partial charge in [0.25, 0.3) is 5.91 Å². The molecule has 5 nitrogen and oxygen atoms in total. The van der Waals surface area contributed by atoms with E-state index in [9.17, 15) is 4.79 Å². The van der Waals surface area contributed by atoms with Crippen molar-refractivity contribution in [2.45, 2.75) is 0 Å². The number of nitrogens with two attached hydrogens (primary N) is 1. The Bertz CT molecular complexity index is 674. The molecule has 6 heteroatoms. The normalized spacial score (nSPS) is 10.0. The minimum Gasteiger partial charge on any atom is -0.495 e. The van der Waals surface area contributed by atoms with Gasteiger partial charge >= 0.3 is 0 Å². The summed E-state index contributed by atoms with van der Waals surface area (Å²) in [7, 11) is 3.18. The van der Waals surface area contributed by atoms with Crippen molar-refractivity contribution in [3.8, 4) is 5.75 Å². The molecule has 110 valence electrons. The smallest absolute Gasteiger partial charge is 0.251 e. The summed E-state index contributed by atoms with van der Waals surface area (Å²) < 4.78 is 6.22. The van der Waals surface area contributed by atoms with Gasteiger partial charge in [-0.3, -0.25) is 4.79 Å². The van der Waals surface area contributed by atoms with Gasteiger partial charge in [-0.1, -0.05) is 15.9 Å². The lowest BCUT2D eigenvalue weighted by Gasteiger charge is -2.14. The lowest BCUT2D eigenvalue weighted by Crippen LogP contribution is -2.18. The molecule has 0 aliphatic rings. The molecular weight excluding hydrogens is 334 g/mol. The molecule has 0 unspecified atom stereocenters. The monoisotopic (exact) mass is 349 g/mol. The summed E-state index contributed by atoms with van der Waals surface area (Å²) in [4.78, 5) is 11.7. The van der Waals surface area contributed by atoms with E-state index >= 15 is 0 Å². The zero-order valence-corrected chi connectivity index (χ0v) is 13.3. The number of halogens is 1. The van der Waals surface area contributed by atoms with Gasteiger partial charge in [-0.15, -0.1) is 0 Å². The molecule has 1 amide bonds. The average Bonchev–Trinajstić information content (AvgIpc) is 2.49. The second-order valence-electron chi connectivity index (χ2n) is 4.35. The molecule has 2 rings (SSSR count).